The van der Waals surface area contributed by atoms with Crippen LogP contribution in [0.1, 0.15) is 41.5 Å². The van der Waals surface area contributed by atoms with Gasteiger partial charge in [0.05, 0.1) is 5.70 Å². The summed E-state index contributed by atoms with van der Waals surface area (Å²) in [7, 11) is 0. The summed E-state index contributed by atoms with van der Waals surface area (Å²) in [6.07, 6.45) is 0. The molecule has 0 heterocycles. The van der Waals surface area contributed by atoms with Crippen LogP contribution in [0.2, 0.25) is 0 Å². The minimum Gasteiger partial charge on any atom is -0.346 e. The topological polar surface area (TPSA) is 58.2 Å². The summed E-state index contributed by atoms with van der Waals surface area (Å²) in [6.45, 7) is 14.5. The fraction of sp³-hybridized carbons (Fsp3) is 0.667. The van der Waals surface area contributed by atoms with E-state index in [0.29, 0.717) is 0 Å². The molecule has 0 aliphatic rings. The van der Waals surface area contributed by atoms with E-state index in [4.69, 9.17) is 0 Å². The Morgan fingerprint density at radius 1 is 1.00 bits per heavy atom. The third kappa shape index (κ3) is 5.53. The van der Waals surface area contributed by atoms with Crippen molar-refractivity contribution in [1.29, 1.82) is 0 Å². The third-order valence-electron chi connectivity index (χ3n) is 1.71. The first kappa shape index (κ1) is 14.7. The standard InChI is InChI=1S/C12H22N2O2/c1-8(9(15)14-12(5,6)7)13-10(16)11(2,3)4/h1H2,2-7H3,(H,13,16)(H,14,15). The molecular formula is C12H22N2O2. The first-order valence-electron chi connectivity index (χ1n) is 5.26. The molecule has 2 amide bonds. The zero-order valence-electron chi connectivity index (χ0n) is 11.0. The molecule has 0 unspecified atom stereocenters. The van der Waals surface area contributed by atoms with Crippen LogP contribution >= 0.6 is 0 Å². The summed E-state index contributed by atoms with van der Waals surface area (Å²) in [4.78, 5) is 23.2. The van der Waals surface area contributed by atoms with E-state index < -0.39 is 5.41 Å². The van der Waals surface area contributed by atoms with Crippen LogP contribution in [0, 0.1) is 5.41 Å². The van der Waals surface area contributed by atoms with Gasteiger partial charge in [0.1, 0.15) is 0 Å². The van der Waals surface area contributed by atoms with Crippen molar-refractivity contribution in [2.75, 3.05) is 0 Å². The quantitative estimate of drug-likeness (QED) is 0.702. The van der Waals surface area contributed by atoms with Gasteiger partial charge in [-0.05, 0) is 20.8 Å². The van der Waals surface area contributed by atoms with Gasteiger partial charge < -0.3 is 10.6 Å². The van der Waals surface area contributed by atoms with E-state index in [0.717, 1.165) is 0 Å². The molecule has 0 aromatic rings. The average Bonchev–Trinajstić information content (AvgIpc) is 1.98. The molecule has 0 saturated heterocycles. The molecule has 4 nitrogen and oxygen atoms in total. The summed E-state index contributed by atoms with van der Waals surface area (Å²) in [5.74, 6) is -0.577. The molecular weight excluding hydrogens is 204 g/mol. The number of rotatable bonds is 2. The number of hydrogen-bond donors (Lipinski definition) is 2. The lowest BCUT2D eigenvalue weighted by molar-refractivity contribution is -0.129. The predicted molar refractivity (Wildman–Crippen MR) is 64.6 cm³/mol. The van der Waals surface area contributed by atoms with Crippen molar-refractivity contribution in [1.82, 2.24) is 10.6 Å². The second-order valence-electron chi connectivity index (χ2n) is 5.89. The highest BCUT2D eigenvalue weighted by Gasteiger charge is 2.24. The minimum atomic E-state index is -0.537. The number of amides is 2. The van der Waals surface area contributed by atoms with Crippen LogP contribution in [0.5, 0.6) is 0 Å². The SMILES string of the molecule is C=C(NC(=O)C(C)(C)C)C(=O)NC(C)(C)C. The van der Waals surface area contributed by atoms with Gasteiger partial charge in [0, 0.05) is 11.0 Å². The Morgan fingerprint density at radius 2 is 1.44 bits per heavy atom. The van der Waals surface area contributed by atoms with Crippen molar-refractivity contribution in [3.63, 3.8) is 0 Å². The number of hydrogen-bond acceptors (Lipinski definition) is 2. The third-order valence-corrected chi connectivity index (χ3v) is 1.71. The first-order valence-corrected chi connectivity index (χ1v) is 5.26. The first-order chi connectivity index (χ1) is 6.93. The lowest BCUT2D eigenvalue weighted by Crippen LogP contribution is -2.45. The molecule has 0 aromatic carbocycles. The van der Waals surface area contributed by atoms with Crippen LogP contribution in [-0.2, 0) is 9.59 Å². The largest absolute Gasteiger partial charge is 0.346 e. The molecule has 16 heavy (non-hydrogen) atoms. The van der Waals surface area contributed by atoms with Crippen LogP contribution in [0.3, 0.4) is 0 Å². The molecule has 0 rings (SSSR count). The summed E-state index contributed by atoms with van der Waals surface area (Å²) < 4.78 is 0. The maximum Gasteiger partial charge on any atom is 0.267 e. The molecule has 2 N–H and O–H groups in total. The molecule has 4 heteroatoms. The number of nitrogens with one attached hydrogen (secondary N) is 2. The second kappa shape index (κ2) is 4.68. The molecule has 0 aromatic heterocycles. The Bertz CT molecular complexity index is 306. The Labute approximate surface area is 97.5 Å². The molecule has 0 fully saturated rings. The van der Waals surface area contributed by atoms with Gasteiger partial charge in [0.2, 0.25) is 5.91 Å². The smallest absolute Gasteiger partial charge is 0.267 e. The van der Waals surface area contributed by atoms with Crippen molar-refractivity contribution < 1.29 is 9.59 Å². The van der Waals surface area contributed by atoms with Crippen LogP contribution in [0.15, 0.2) is 12.3 Å². The van der Waals surface area contributed by atoms with E-state index in [1.807, 2.05) is 20.8 Å². The van der Waals surface area contributed by atoms with Gasteiger partial charge in [0.25, 0.3) is 5.91 Å². The van der Waals surface area contributed by atoms with Gasteiger partial charge in [-0.2, -0.15) is 0 Å². The maximum absolute atomic E-state index is 11.6. The summed E-state index contributed by atoms with van der Waals surface area (Å²) in [5, 5.41) is 5.22. The molecule has 0 bridgehead atoms. The summed E-state index contributed by atoms with van der Waals surface area (Å²) in [5.41, 5.74) is -0.799. The molecule has 0 saturated carbocycles. The van der Waals surface area contributed by atoms with E-state index in [1.165, 1.54) is 0 Å². The van der Waals surface area contributed by atoms with E-state index >= 15 is 0 Å². The second-order valence-corrected chi connectivity index (χ2v) is 5.89. The van der Waals surface area contributed by atoms with Gasteiger partial charge in [-0.15, -0.1) is 0 Å². The fourth-order valence-corrected chi connectivity index (χ4v) is 0.797. The molecule has 0 atom stereocenters. The highest BCUT2D eigenvalue weighted by atomic mass is 16.2. The predicted octanol–water partition coefficient (Wildman–Crippen LogP) is 1.58. The van der Waals surface area contributed by atoms with Gasteiger partial charge in [-0.3, -0.25) is 9.59 Å². The van der Waals surface area contributed by atoms with Crippen molar-refractivity contribution >= 4 is 11.8 Å². The number of carbonyl (C=O) groups is 2. The van der Waals surface area contributed by atoms with Crippen molar-refractivity contribution in [3.8, 4) is 0 Å². The zero-order chi connectivity index (χ0) is 13.1. The normalized spacial score (nSPS) is 11.9. The van der Waals surface area contributed by atoms with Crippen LogP contribution in [0.25, 0.3) is 0 Å². The summed E-state index contributed by atoms with van der Waals surface area (Å²) >= 11 is 0. The Balaban J connectivity index is 4.39. The van der Waals surface area contributed by atoms with Crippen molar-refractivity contribution in [2.24, 2.45) is 5.41 Å². The minimum absolute atomic E-state index is 0.0786. The van der Waals surface area contributed by atoms with E-state index in [1.54, 1.807) is 20.8 Å². The highest BCUT2D eigenvalue weighted by Crippen LogP contribution is 2.13. The van der Waals surface area contributed by atoms with Gasteiger partial charge >= 0.3 is 0 Å². The van der Waals surface area contributed by atoms with E-state index in [-0.39, 0.29) is 23.1 Å². The molecule has 92 valence electrons. The zero-order valence-corrected chi connectivity index (χ0v) is 11.0. The van der Waals surface area contributed by atoms with E-state index in [9.17, 15) is 9.59 Å². The maximum atomic E-state index is 11.6. The van der Waals surface area contributed by atoms with Crippen LogP contribution in [0.4, 0.5) is 0 Å². The molecule has 0 radical (unpaired) electrons. The molecule has 0 spiro atoms. The Kier molecular flexibility index (Phi) is 4.29. The van der Waals surface area contributed by atoms with Gasteiger partial charge in [0.15, 0.2) is 0 Å². The van der Waals surface area contributed by atoms with Crippen LogP contribution < -0.4 is 10.6 Å². The monoisotopic (exact) mass is 226 g/mol. The van der Waals surface area contributed by atoms with Crippen molar-refractivity contribution in [2.45, 2.75) is 47.1 Å². The summed E-state index contributed by atoms with van der Waals surface area (Å²) in [6, 6.07) is 0. The highest BCUT2D eigenvalue weighted by molar-refractivity contribution is 5.98. The molecule has 0 aliphatic heterocycles. The Morgan fingerprint density at radius 3 is 1.75 bits per heavy atom. The van der Waals surface area contributed by atoms with E-state index in [2.05, 4.69) is 17.2 Å². The number of carbonyl (C=O) groups excluding carboxylic acids is 2. The fourth-order valence-electron chi connectivity index (χ4n) is 0.797. The van der Waals surface area contributed by atoms with Gasteiger partial charge in [-0.25, -0.2) is 0 Å². The van der Waals surface area contributed by atoms with Gasteiger partial charge in [-0.1, -0.05) is 27.4 Å². The molecule has 0 aliphatic carbocycles. The van der Waals surface area contributed by atoms with Crippen LogP contribution in [-0.4, -0.2) is 17.4 Å². The lowest BCUT2D eigenvalue weighted by Gasteiger charge is -2.23. The van der Waals surface area contributed by atoms with Crippen molar-refractivity contribution in [3.05, 3.63) is 12.3 Å². The lowest BCUT2D eigenvalue weighted by atomic mass is 9.95. The Hall–Kier alpha value is -1.32. The average molecular weight is 226 g/mol.